The second kappa shape index (κ2) is 9.24. The van der Waals surface area contributed by atoms with E-state index in [0.717, 1.165) is 21.8 Å². The maximum absolute atomic E-state index is 13.6. The summed E-state index contributed by atoms with van der Waals surface area (Å²) < 4.78 is 5.13. The van der Waals surface area contributed by atoms with Gasteiger partial charge >= 0.3 is 5.97 Å². The second-order valence-corrected chi connectivity index (χ2v) is 10.7. The standard InChI is InChI=1S/C23H21N3O5S3/c1-6-8-31-22(30)20-12(4)25-23(34-20)26-15(18-10(2)7-9-32-18)14(17(28)21(26)29)16(27)19-11(3)24-13(5)33-19/h6-7,9,15,28H,1,8H2,2-5H3. The lowest BCUT2D eigenvalue weighted by Crippen LogP contribution is -2.30. The lowest BCUT2D eigenvalue weighted by atomic mass is 9.99. The number of nitrogens with zero attached hydrogens (tertiary/aromatic N) is 3. The van der Waals surface area contributed by atoms with E-state index in [9.17, 15) is 19.5 Å². The lowest BCUT2D eigenvalue weighted by Gasteiger charge is -2.23. The predicted octanol–water partition coefficient (Wildman–Crippen LogP) is 5.02. The fourth-order valence-corrected chi connectivity index (χ4v) is 6.57. The molecule has 0 saturated carbocycles. The van der Waals surface area contributed by atoms with Crippen LogP contribution in [0.1, 0.15) is 52.2 Å². The van der Waals surface area contributed by atoms with Crippen molar-refractivity contribution in [2.75, 3.05) is 11.5 Å². The number of aliphatic hydroxyl groups excluding tert-OH is 1. The Bertz CT molecular complexity index is 1360. The molecule has 8 nitrogen and oxygen atoms in total. The van der Waals surface area contributed by atoms with Crippen molar-refractivity contribution in [1.29, 1.82) is 0 Å². The molecule has 4 rings (SSSR count). The van der Waals surface area contributed by atoms with Crippen molar-refractivity contribution in [3.8, 4) is 0 Å². The lowest BCUT2D eigenvalue weighted by molar-refractivity contribution is -0.117. The molecule has 1 aliphatic rings. The monoisotopic (exact) mass is 515 g/mol. The van der Waals surface area contributed by atoms with E-state index in [1.54, 1.807) is 20.8 Å². The van der Waals surface area contributed by atoms with Gasteiger partial charge in [0.1, 0.15) is 17.5 Å². The molecule has 34 heavy (non-hydrogen) atoms. The van der Waals surface area contributed by atoms with Gasteiger partial charge in [0.25, 0.3) is 5.91 Å². The number of hydrogen-bond donors (Lipinski definition) is 1. The number of aromatic nitrogens is 2. The minimum absolute atomic E-state index is 0.0223. The molecular formula is C23H21N3O5S3. The Kier molecular flexibility index (Phi) is 6.52. The van der Waals surface area contributed by atoms with Crippen LogP contribution < -0.4 is 4.90 Å². The van der Waals surface area contributed by atoms with Crippen molar-refractivity contribution in [2.45, 2.75) is 33.7 Å². The third-order valence-electron chi connectivity index (χ3n) is 5.22. The normalized spacial score (nSPS) is 15.8. The number of hydrogen-bond acceptors (Lipinski definition) is 10. The van der Waals surface area contributed by atoms with E-state index in [2.05, 4.69) is 16.5 Å². The molecule has 1 N–H and O–H groups in total. The zero-order chi connectivity index (χ0) is 24.7. The van der Waals surface area contributed by atoms with Gasteiger partial charge in [-0.2, -0.15) is 0 Å². The van der Waals surface area contributed by atoms with Crippen LogP contribution in [0.15, 0.2) is 35.4 Å². The highest BCUT2D eigenvalue weighted by Gasteiger charge is 2.47. The molecule has 11 heteroatoms. The SMILES string of the molecule is C=CCOC(=O)c1sc(N2C(=O)C(O)=C(C(=O)c3sc(C)nc3C)C2c2sccc2C)nc1C. The third kappa shape index (κ3) is 3.99. The van der Waals surface area contributed by atoms with Gasteiger partial charge in [-0.05, 0) is 44.7 Å². The van der Waals surface area contributed by atoms with Gasteiger partial charge in [-0.15, -0.1) is 22.7 Å². The van der Waals surface area contributed by atoms with Gasteiger partial charge in [0, 0.05) is 4.88 Å². The number of rotatable bonds is 7. The number of Topliss-reactive ketones (excluding diaryl/α,β-unsaturated/α-hetero) is 1. The molecule has 0 aliphatic carbocycles. The molecule has 4 heterocycles. The summed E-state index contributed by atoms with van der Waals surface area (Å²) in [5.41, 5.74) is 1.77. The molecule has 3 aromatic rings. The van der Waals surface area contributed by atoms with Gasteiger partial charge in [-0.1, -0.05) is 24.0 Å². The molecule has 0 radical (unpaired) electrons. The Morgan fingerprint density at radius 2 is 1.88 bits per heavy atom. The first kappa shape index (κ1) is 24.0. The van der Waals surface area contributed by atoms with Gasteiger partial charge < -0.3 is 9.84 Å². The highest BCUT2D eigenvalue weighted by molar-refractivity contribution is 7.18. The number of thiazole rings is 2. The largest absolute Gasteiger partial charge is 0.503 e. The first-order chi connectivity index (χ1) is 16.1. The van der Waals surface area contributed by atoms with Gasteiger partial charge in [0.15, 0.2) is 10.9 Å². The molecular weight excluding hydrogens is 494 g/mol. The number of carbonyl (C=O) groups excluding carboxylic acids is 3. The Balaban J connectivity index is 1.83. The number of ketones is 1. The average molecular weight is 516 g/mol. The van der Waals surface area contributed by atoms with Crippen molar-refractivity contribution < 1.29 is 24.2 Å². The van der Waals surface area contributed by atoms with Crippen molar-refractivity contribution in [2.24, 2.45) is 0 Å². The summed E-state index contributed by atoms with van der Waals surface area (Å²) in [5, 5.41) is 13.7. The summed E-state index contributed by atoms with van der Waals surface area (Å²) in [6.07, 6.45) is 1.46. The molecule has 1 amide bonds. The Morgan fingerprint density at radius 1 is 1.18 bits per heavy atom. The summed E-state index contributed by atoms with van der Waals surface area (Å²) in [6, 6.07) is 0.998. The van der Waals surface area contributed by atoms with Crippen LogP contribution in [-0.4, -0.2) is 39.3 Å². The van der Waals surface area contributed by atoms with E-state index in [0.29, 0.717) is 21.3 Å². The maximum Gasteiger partial charge on any atom is 0.350 e. The Labute approximate surface area is 207 Å². The zero-order valence-corrected chi connectivity index (χ0v) is 21.3. The molecule has 1 atom stereocenters. The smallest absolute Gasteiger partial charge is 0.350 e. The zero-order valence-electron chi connectivity index (χ0n) is 18.9. The summed E-state index contributed by atoms with van der Waals surface area (Å²) in [6.45, 7) is 10.6. The van der Waals surface area contributed by atoms with Crippen LogP contribution in [0.25, 0.3) is 0 Å². The first-order valence-corrected chi connectivity index (χ1v) is 12.7. The number of carbonyl (C=O) groups is 3. The van der Waals surface area contributed by atoms with E-state index in [-0.39, 0.29) is 22.2 Å². The summed E-state index contributed by atoms with van der Waals surface area (Å²) in [5.74, 6) is -2.41. The van der Waals surface area contributed by atoms with E-state index in [1.165, 1.54) is 33.6 Å². The molecule has 3 aromatic heterocycles. The predicted molar refractivity (Wildman–Crippen MR) is 132 cm³/mol. The molecule has 1 aliphatic heterocycles. The van der Waals surface area contributed by atoms with Crippen LogP contribution >= 0.6 is 34.0 Å². The molecule has 1 unspecified atom stereocenters. The molecule has 176 valence electrons. The fourth-order valence-electron chi connectivity index (χ4n) is 3.69. The highest BCUT2D eigenvalue weighted by atomic mass is 32.1. The maximum atomic E-state index is 13.6. The molecule has 0 saturated heterocycles. The number of aliphatic hydroxyl groups is 1. The quantitative estimate of drug-likeness (QED) is 0.267. The number of aryl methyl sites for hydroxylation is 4. The Hall–Kier alpha value is -3.15. The van der Waals surface area contributed by atoms with Crippen molar-refractivity contribution in [3.63, 3.8) is 0 Å². The van der Waals surface area contributed by atoms with Gasteiger partial charge in [0.05, 0.1) is 26.8 Å². The second-order valence-electron chi connectivity index (χ2n) is 7.58. The van der Waals surface area contributed by atoms with Crippen LogP contribution in [0.2, 0.25) is 0 Å². The number of ether oxygens (including phenoxy) is 1. The number of thiophene rings is 1. The summed E-state index contributed by atoms with van der Waals surface area (Å²) in [7, 11) is 0. The van der Waals surface area contributed by atoms with Crippen LogP contribution in [0, 0.1) is 27.7 Å². The van der Waals surface area contributed by atoms with Gasteiger partial charge in [-0.25, -0.2) is 14.8 Å². The molecule has 0 aromatic carbocycles. The minimum Gasteiger partial charge on any atom is -0.503 e. The van der Waals surface area contributed by atoms with E-state index in [1.807, 2.05) is 18.4 Å². The first-order valence-electron chi connectivity index (χ1n) is 10.2. The molecule has 0 spiro atoms. The highest BCUT2D eigenvalue weighted by Crippen LogP contribution is 2.46. The number of esters is 1. The van der Waals surface area contributed by atoms with Crippen LogP contribution in [0.5, 0.6) is 0 Å². The molecule has 0 bridgehead atoms. The van der Waals surface area contributed by atoms with Crippen LogP contribution in [-0.2, 0) is 9.53 Å². The minimum atomic E-state index is -0.885. The number of amides is 1. The van der Waals surface area contributed by atoms with Crippen molar-refractivity contribution in [3.05, 3.63) is 72.0 Å². The summed E-state index contributed by atoms with van der Waals surface area (Å²) >= 11 is 3.57. The van der Waals surface area contributed by atoms with Gasteiger partial charge in [0.2, 0.25) is 5.78 Å². The fraction of sp³-hybridized carbons (Fsp3) is 0.261. The summed E-state index contributed by atoms with van der Waals surface area (Å²) in [4.78, 5) is 50.7. The van der Waals surface area contributed by atoms with E-state index in [4.69, 9.17) is 4.74 Å². The molecule has 0 fully saturated rings. The van der Waals surface area contributed by atoms with E-state index >= 15 is 0 Å². The van der Waals surface area contributed by atoms with Crippen LogP contribution in [0.4, 0.5) is 5.13 Å². The Morgan fingerprint density at radius 3 is 2.47 bits per heavy atom. The number of anilines is 1. The van der Waals surface area contributed by atoms with Crippen LogP contribution in [0.3, 0.4) is 0 Å². The average Bonchev–Trinajstić information content (AvgIpc) is 3.52. The van der Waals surface area contributed by atoms with E-state index < -0.39 is 29.5 Å². The third-order valence-corrected chi connectivity index (χ3v) is 8.50. The topological polar surface area (TPSA) is 110 Å². The van der Waals surface area contributed by atoms with Crippen molar-refractivity contribution >= 4 is 56.8 Å². The van der Waals surface area contributed by atoms with Crippen molar-refractivity contribution in [1.82, 2.24) is 9.97 Å². The van der Waals surface area contributed by atoms with Gasteiger partial charge in [-0.3, -0.25) is 14.5 Å².